The smallest absolute Gasteiger partial charge is 0.338 e. The lowest BCUT2D eigenvalue weighted by molar-refractivity contribution is -0.138. The normalized spacial score (nSPS) is 11.1. The van der Waals surface area contributed by atoms with Gasteiger partial charge in [-0.1, -0.05) is 13.0 Å². The maximum atomic E-state index is 10.2. The summed E-state index contributed by atoms with van der Waals surface area (Å²) in [7, 11) is 0. The number of carboxylic acids is 2. The Labute approximate surface area is 116 Å². The van der Waals surface area contributed by atoms with E-state index in [0.717, 1.165) is 12.8 Å². The molecule has 0 spiro atoms. The van der Waals surface area contributed by atoms with Crippen LogP contribution in [-0.4, -0.2) is 34.7 Å². The summed E-state index contributed by atoms with van der Waals surface area (Å²) in [4.78, 5) is 20.4. The lowest BCUT2D eigenvalue weighted by Crippen LogP contribution is -2.29. The number of furan rings is 1. The predicted molar refractivity (Wildman–Crippen MR) is 73.9 cm³/mol. The second-order valence-corrected chi connectivity index (χ2v) is 3.99. The van der Waals surface area contributed by atoms with Crippen molar-refractivity contribution in [2.45, 2.75) is 25.3 Å². The van der Waals surface area contributed by atoms with Gasteiger partial charge in [0, 0.05) is 0 Å². The summed E-state index contributed by atoms with van der Waals surface area (Å²) in [5.74, 6) is -1.69. The van der Waals surface area contributed by atoms with Crippen molar-refractivity contribution in [1.82, 2.24) is 0 Å². The highest BCUT2D eigenvalue weighted by Gasteiger charge is 2.09. The topological polar surface area (TPSA) is 140 Å². The molecule has 0 saturated carbocycles. The van der Waals surface area contributed by atoms with Crippen LogP contribution in [0.2, 0.25) is 0 Å². The van der Waals surface area contributed by atoms with Gasteiger partial charge in [0.15, 0.2) is 0 Å². The zero-order chi connectivity index (χ0) is 15.5. The largest absolute Gasteiger partial charge is 0.480 e. The predicted octanol–water partition coefficient (Wildman–Crippen LogP) is 0.905. The number of carbonyl (C=O) groups is 2. The average molecular weight is 284 g/mol. The number of hydrogen-bond donors (Lipinski definition) is 4. The molecule has 1 atom stereocenters. The summed E-state index contributed by atoms with van der Waals surface area (Å²) in [5, 5.41) is 16.7. The van der Waals surface area contributed by atoms with Gasteiger partial charge in [-0.2, -0.15) is 0 Å². The first-order chi connectivity index (χ1) is 9.40. The van der Waals surface area contributed by atoms with E-state index < -0.39 is 18.0 Å². The molecule has 1 unspecified atom stereocenters. The van der Waals surface area contributed by atoms with Gasteiger partial charge in [0.1, 0.15) is 11.8 Å². The van der Waals surface area contributed by atoms with Crippen LogP contribution in [0.15, 0.2) is 29.4 Å². The summed E-state index contributed by atoms with van der Waals surface area (Å²) in [6, 6.07) is 2.45. The molecule has 20 heavy (non-hydrogen) atoms. The molecule has 6 N–H and O–H groups in total. The first-order valence-electron chi connectivity index (χ1n) is 6.04. The molecular weight excluding hydrogens is 264 g/mol. The Bertz CT molecular complexity index is 428. The molecule has 1 aromatic rings. The molecule has 0 aliphatic carbocycles. The van der Waals surface area contributed by atoms with Crippen molar-refractivity contribution >= 4 is 17.5 Å². The summed E-state index contributed by atoms with van der Waals surface area (Å²) >= 11 is 0. The van der Waals surface area contributed by atoms with E-state index in [-0.39, 0.29) is 5.57 Å². The van der Waals surface area contributed by atoms with Crippen LogP contribution in [0.5, 0.6) is 0 Å². The molecule has 0 amide bonds. The van der Waals surface area contributed by atoms with E-state index in [9.17, 15) is 9.59 Å². The molecule has 1 rings (SSSR count). The van der Waals surface area contributed by atoms with Crippen molar-refractivity contribution in [3.8, 4) is 0 Å². The first-order valence-corrected chi connectivity index (χ1v) is 6.04. The van der Waals surface area contributed by atoms with Gasteiger partial charge in [-0.15, -0.1) is 0 Å². The van der Waals surface area contributed by atoms with Gasteiger partial charge < -0.3 is 26.1 Å². The second-order valence-electron chi connectivity index (χ2n) is 3.99. The molecule has 0 aliphatic heterocycles. The summed E-state index contributed by atoms with van der Waals surface area (Å²) in [6.07, 6.45) is 3.57. The molecule has 7 heteroatoms. The van der Waals surface area contributed by atoms with Crippen LogP contribution < -0.4 is 11.5 Å². The molecule has 0 aliphatic rings. The Kier molecular flexibility index (Phi) is 8.73. The van der Waals surface area contributed by atoms with Gasteiger partial charge in [-0.05, 0) is 31.5 Å². The second kappa shape index (κ2) is 9.76. The van der Waals surface area contributed by atoms with E-state index in [2.05, 4.69) is 6.58 Å². The molecule has 1 heterocycles. The van der Waals surface area contributed by atoms with Gasteiger partial charge in [0.25, 0.3) is 0 Å². The van der Waals surface area contributed by atoms with Gasteiger partial charge in [0.05, 0.1) is 11.8 Å². The minimum atomic E-state index is -1.06. The standard InChI is InChI=1S/C7H6O3.C6H14N2O2/c1-5(7(8)9)6-3-2-4-10-6;7-4-2-1-3-5(8)6(9)10/h2-4H,1H2,(H,8,9);5H,1-4,7-8H2,(H,9,10). The van der Waals surface area contributed by atoms with Crippen LogP contribution >= 0.6 is 0 Å². The van der Waals surface area contributed by atoms with Crippen LogP contribution in [0.25, 0.3) is 5.57 Å². The van der Waals surface area contributed by atoms with E-state index in [1.54, 1.807) is 12.1 Å². The van der Waals surface area contributed by atoms with Crippen molar-refractivity contribution in [1.29, 1.82) is 0 Å². The zero-order valence-corrected chi connectivity index (χ0v) is 11.1. The molecule has 0 aromatic carbocycles. The molecule has 0 saturated heterocycles. The molecule has 112 valence electrons. The highest BCUT2D eigenvalue weighted by atomic mass is 16.4. The Morgan fingerprint density at radius 2 is 2.00 bits per heavy atom. The minimum absolute atomic E-state index is 0.0231. The molecule has 7 nitrogen and oxygen atoms in total. The number of carboxylic acid groups (broad SMARTS) is 2. The van der Waals surface area contributed by atoms with E-state index in [1.165, 1.54) is 6.26 Å². The number of rotatable bonds is 7. The molecule has 0 bridgehead atoms. The highest BCUT2D eigenvalue weighted by Crippen LogP contribution is 2.11. The fourth-order valence-corrected chi connectivity index (χ4v) is 1.19. The number of nitrogens with two attached hydrogens (primary N) is 2. The van der Waals surface area contributed by atoms with Crippen LogP contribution in [0.1, 0.15) is 25.0 Å². The van der Waals surface area contributed by atoms with E-state index in [1.807, 2.05) is 0 Å². The lowest BCUT2D eigenvalue weighted by atomic mass is 10.1. The SMILES string of the molecule is C=C(C(=O)O)c1ccco1.NCCCCC(N)C(=O)O. The van der Waals surface area contributed by atoms with E-state index in [0.29, 0.717) is 18.7 Å². The monoisotopic (exact) mass is 284 g/mol. The fourth-order valence-electron chi connectivity index (χ4n) is 1.19. The third-order valence-corrected chi connectivity index (χ3v) is 2.36. The maximum Gasteiger partial charge on any atom is 0.338 e. The number of aliphatic carboxylic acids is 2. The third-order valence-electron chi connectivity index (χ3n) is 2.36. The first kappa shape index (κ1) is 17.9. The Morgan fingerprint density at radius 1 is 1.35 bits per heavy atom. The third kappa shape index (κ3) is 7.34. The average Bonchev–Trinajstić information content (AvgIpc) is 2.92. The van der Waals surface area contributed by atoms with Crippen LogP contribution in [0, 0.1) is 0 Å². The van der Waals surface area contributed by atoms with Crippen molar-refractivity contribution in [2.75, 3.05) is 6.54 Å². The fraction of sp³-hybridized carbons (Fsp3) is 0.385. The van der Waals surface area contributed by atoms with Crippen molar-refractivity contribution in [3.05, 3.63) is 30.7 Å². The van der Waals surface area contributed by atoms with Gasteiger partial charge >= 0.3 is 11.9 Å². The Balaban J connectivity index is 0.000000361. The van der Waals surface area contributed by atoms with Crippen LogP contribution in [0.4, 0.5) is 0 Å². The zero-order valence-electron chi connectivity index (χ0n) is 11.1. The lowest BCUT2D eigenvalue weighted by Gasteiger charge is -2.03. The van der Waals surface area contributed by atoms with Crippen LogP contribution in [0.3, 0.4) is 0 Å². The van der Waals surface area contributed by atoms with E-state index in [4.69, 9.17) is 26.1 Å². The van der Waals surface area contributed by atoms with Crippen molar-refractivity contribution in [2.24, 2.45) is 11.5 Å². The van der Waals surface area contributed by atoms with Crippen molar-refractivity contribution < 1.29 is 24.2 Å². The quantitative estimate of drug-likeness (QED) is 0.430. The Morgan fingerprint density at radius 3 is 2.40 bits per heavy atom. The van der Waals surface area contributed by atoms with Gasteiger partial charge in [-0.25, -0.2) is 4.79 Å². The summed E-state index contributed by atoms with van der Waals surface area (Å²) in [6.45, 7) is 3.91. The number of unbranched alkanes of at least 4 members (excludes halogenated alkanes) is 1. The highest BCUT2D eigenvalue weighted by molar-refractivity contribution is 6.13. The van der Waals surface area contributed by atoms with E-state index >= 15 is 0 Å². The Hall–Kier alpha value is -2.12. The minimum Gasteiger partial charge on any atom is -0.480 e. The molecular formula is C13H20N2O5. The van der Waals surface area contributed by atoms with Crippen molar-refractivity contribution in [3.63, 3.8) is 0 Å². The molecule has 1 aromatic heterocycles. The summed E-state index contributed by atoms with van der Waals surface area (Å²) in [5.41, 5.74) is 10.4. The van der Waals surface area contributed by atoms with Crippen LogP contribution in [-0.2, 0) is 9.59 Å². The van der Waals surface area contributed by atoms with Gasteiger partial charge in [0.2, 0.25) is 0 Å². The number of hydrogen-bond acceptors (Lipinski definition) is 5. The molecule has 0 fully saturated rings. The maximum absolute atomic E-state index is 10.2. The summed E-state index contributed by atoms with van der Waals surface area (Å²) < 4.78 is 4.78. The van der Waals surface area contributed by atoms with Gasteiger partial charge in [-0.3, -0.25) is 4.79 Å². The molecule has 0 radical (unpaired) electrons.